The van der Waals surface area contributed by atoms with E-state index in [-0.39, 0.29) is 5.92 Å². The van der Waals surface area contributed by atoms with Crippen LogP contribution in [0.3, 0.4) is 0 Å². The summed E-state index contributed by atoms with van der Waals surface area (Å²) in [5.74, 6) is 0.0685. The number of aromatic nitrogens is 1. The van der Waals surface area contributed by atoms with Crippen molar-refractivity contribution >= 4 is 17.4 Å². The maximum absolute atomic E-state index is 10.2. The molecule has 98 valence electrons. The Balaban J connectivity index is 2.80. The number of aliphatic hydroxyl groups excluding tert-OH is 1. The third kappa shape index (κ3) is 4.24. The quantitative estimate of drug-likeness (QED) is 0.815. The number of nitrogens with zero attached hydrogens (tertiary/aromatic N) is 1. The first kappa shape index (κ1) is 14.9. The van der Waals surface area contributed by atoms with Crippen molar-refractivity contribution in [2.45, 2.75) is 33.8 Å². The van der Waals surface area contributed by atoms with Gasteiger partial charge >= 0.3 is 0 Å². The first-order chi connectivity index (χ1) is 8.43. The summed E-state index contributed by atoms with van der Waals surface area (Å²) in [6.07, 6.45) is 5.29. The minimum absolute atomic E-state index is 0.0685. The highest BCUT2D eigenvalue weighted by molar-refractivity contribution is 7.09. The first-order valence-corrected chi connectivity index (χ1v) is 6.91. The van der Waals surface area contributed by atoms with Crippen LogP contribution in [0.2, 0.25) is 0 Å². The molecule has 0 aliphatic heterocycles. The van der Waals surface area contributed by atoms with Gasteiger partial charge in [-0.05, 0) is 32.4 Å². The predicted molar refractivity (Wildman–Crippen MR) is 79.6 cm³/mol. The van der Waals surface area contributed by atoms with Gasteiger partial charge in [-0.15, -0.1) is 11.3 Å². The molecule has 0 spiro atoms. The second-order valence-corrected chi connectivity index (χ2v) is 5.66. The Morgan fingerprint density at radius 2 is 2.17 bits per heavy atom. The molecule has 1 unspecified atom stereocenters. The van der Waals surface area contributed by atoms with Crippen LogP contribution in [0.15, 0.2) is 35.3 Å². The second-order valence-electron chi connectivity index (χ2n) is 4.60. The summed E-state index contributed by atoms with van der Waals surface area (Å²) in [5, 5.41) is 13.3. The van der Waals surface area contributed by atoms with Crippen LogP contribution in [0.4, 0.5) is 0 Å². The van der Waals surface area contributed by atoms with E-state index in [0.717, 1.165) is 21.8 Å². The van der Waals surface area contributed by atoms with Gasteiger partial charge in [0.05, 0.1) is 16.8 Å². The minimum Gasteiger partial charge on any atom is -0.388 e. The fourth-order valence-electron chi connectivity index (χ4n) is 1.75. The number of aryl methyl sites for hydroxylation is 1. The lowest BCUT2D eigenvalue weighted by Crippen LogP contribution is -2.17. The molecule has 1 rings (SSSR count). The fraction of sp³-hybridized carbons (Fsp3) is 0.400. The van der Waals surface area contributed by atoms with Gasteiger partial charge in [-0.2, -0.15) is 0 Å². The summed E-state index contributed by atoms with van der Waals surface area (Å²) >= 11 is 1.62. The Kier molecular flexibility index (Phi) is 5.51. The van der Waals surface area contributed by atoms with Crippen molar-refractivity contribution < 1.29 is 5.11 Å². The van der Waals surface area contributed by atoms with Crippen LogP contribution in [0.1, 0.15) is 31.5 Å². The van der Waals surface area contributed by atoms with Crippen molar-refractivity contribution in [2.24, 2.45) is 5.92 Å². The third-order valence-corrected chi connectivity index (χ3v) is 3.62. The van der Waals surface area contributed by atoms with Crippen LogP contribution in [0.5, 0.6) is 0 Å². The third-order valence-electron chi connectivity index (χ3n) is 2.82. The molecule has 2 nitrogen and oxygen atoms in total. The number of thiazole rings is 1. The summed E-state index contributed by atoms with van der Waals surface area (Å²) in [7, 11) is 0. The Morgan fingerprint density at radius 1 is 1.50 bits per heavy atom. The van der Waals surface area contributed by atoms with Crippen LogP contribution < -0.4 is 0 Å². The normalized spacial score (nSPS) is 16.5. The molecule has 0 bridgehead atoms. The minimum atomic E-state index is -0.484. The predicted octanol–water partition coefficient (Wildman–Crippen LogP) is 3.98. The standard InChI is InChI=1S/C15H21NOS/c1-6-10(2)7-11(3)15(17)12(4)8-14-9-18-13(5)16-14/h6-9,11,15,17H,1H2,2-5H3/b10-7+,12-8+/t11-,15?/m0/s1. The lowest BCUT2D eigenvalue weighted by atomic mass is 9.95. The summed E-state index contributed by atoms with van der Waals surface area (Å²) in [6, 6.07) is 0. The molecule has 0 saturated carbocycles. The van der Waals surface area contributed by atoms with Crippen LogP contribution >= 0.6 is 11.3 Å². The molecule has 18 heavy (non-hydrogen) atoms. The summed E-state index contributed by atoms with van der Waals surface area (Å²) < 4.78 is 0. The summed E-state index contributed by atoms with van der Waals surface area (Å²) in [4.78, 5) is 4.37. The molecular formula is C15H21NOS. The van der Waals surface area contributed by atoms with Crippen LogP contribution in [0.25, 0.3) is 6.08 Å². The summed E-state index contributed by atoms with van der Waals surface area (Å²) in [6.45, 7) is 11.6. The monoisotopic (exact) mass is 263 g/mol. The van der Waals surface area contributed by atoms with E-state index >= 15 is 0 Å². The second kappa shape index (κ2) is 6.66. The van der Waals surface area contributed by atoms with Crippen molar-refractivity contribution in [1.29, 1.82) is 0 Å². The Hall–Kier alpha value is -1.19. The van der Waals surface area contributed by atoms with E-state index in [4.69, 9.17) is 0 Å². The van der Waals surface area contributed by atoms with Crippen molar-refractivity contribution in [3.63, 3.8) is 0 Å². The molecule has 0 aromatic carbocycles. The molecule has 0 aliphatic carbocycles. The number of hydrogen-bond donors (Lipinski definition) is 1. The molecular weight excluding hydrogens is 242 g/mol. The van der Waals surface area contributed by atoms with E-state index in [9.17, 15) is 5.11 Å². The van der Waals surface area contributed by atoms with E-state index in [0.29, 0.717) is 0 Å². The van der Waals surface area contributed by atoms with Crippen molar-refractivity contribution in [2.75, 3.05) is 0 Å². The van der Waals surface area contributed by atoms with Crippen molar-refractivity contribution in [1.82, 2.24) is 4.98 Å². The van der Waals surface area contributed by atoms with Gasteiger partial charge < -0.3 is 5.11 Å². The molecule has 2 atom stereocenters. The van der Waals surface area contributed by atoms with Gasteiger partial charge in [0.2, 0.25) is 0 Å². The van der Waals surface area contributed by atoms with E-state index in [1.807, 2.05) is 45.2 Å². The molecule has 0 amide bonds. The fourth-order valence-corrected chi connectivity index (χ4v) is 2.32. The summed E-state index contributed by atoms with van der Waals surface area (Å²) in [5.41, 5.74) is 2.94. The SMILES string of the molecule is C=C/C(C)=C/[C@H](C)C(O)/C(C)=C/c1csc(C)n1. The largest absolute Gasteiger partial charge is 0.388 e. The smallest absolute Gasteiger partial charge is 0.0901 e. The zero-order valence-corrected chi connectivity index (χ0v) is 12.3. The van der Waals surface area contributed by atoms with Crippen LogP contribution in [-0.2, 0) is 0 Å². The first-order valence-electron chi connectivity index (χ1n) is 6.03. The van der Waals surface area contributed by atoms with Gasteiger partial charge in [-0.3, -0.25) is 0 Å². The molecule has 1 heterocycles. The van der Waals surface area contributed by atoms with Gasteiger partial charge in [0.15, 0.2) is 0 Å². The number of aliphatic hydroxyl groups is 1. The average Bonchev–Trinajstić information content (AvgIpc) is 2.73. The number of rotatable bonds is 5. The zero-order chi connectivity index (χ0) is 13.7. The van der Waals surface area contributed by atoms with Crippen molar-refractivity contribution in [3.05, 3.63) is 46.0 Å². The Labute approximate surface area is 113 Å². The maximum atomic E-state index is 10.2. The average molecular weight is 263 g/mol. The van der Waals surface area contributed by atoms with Gasteiger partial charge in [0.25, 0.3) is 0 Å². The highest BCUT2D eigenvalue weighted by Crippen LogP contribution is 2.19. The molecule has 0 fully saturated rings. The Bertz CT molecular complexity index is 471. The maximum Gasteiger partial charge on any atom is 0.0901 e. The molecule has 1 aromatic rings. The topological polar surface area (TPSA) is 33.1 Å². The molecule has 1 N–H and O–H groups in total. The molecule has 0 aliphatic rings. The Morgan fingerprint density at radius 3 is 2.67 bits per heavy atom. The lowest BCUT2D eigenvalue weighted by molar-refractivity contribution is 0.174. The number of hydrogen-bond acceptors (Lipinski definition) is 3. The van der Waals surface area contributed by atoms with Gasteiger partial charge in [0.1, 0.15) is 0 Å². The van der Waals surface area contributed by atoms with E-state index in [1.54, 1.807) is 17.4 Å². The molecule has 0 saturated heterocycles. The van der Waals surface area contributed by atoms with E-state index in [1.165, 1.54) is 0 Å². The number of allylic oxidation sites excluding steroid dienone is 2. The molecule has 1 aromatic heterocycles. The van der Waals surface area contributed by atoms with Gasteiger partial charge in [-0.1, -0.05) is 31.2 Å². The van der Waals surface area contributed by atoms with Gasteiger partial charge in [-0.25, -0.2) is 4.98 Å². The van der Waals surface area contributed by atoms with Crippen LogP contribution in [0, 0.1) is 12.8 Å². The zero-order valence-electron chi connectivity index (χ0n) is 11.5. The lowest BCUT2D eigenvalue weighted by Gasteiger charge is -2.16. The van der Waals surface area contributed by atoms with E-state index < -0.39 is 6.10 Å². The van der Waals surface area contributed by atoms with Gasteiger partial charge in [0, 0.05) is 11.3 Å². The van der Waals surface area contributed by atoms with Crippen LogP contribution in [-0.4, -0.2) is 16.2 Å². The van der Waals surface area contributed by atoms with Crippen molar-refractivity contribution in [3.8, 4) is 0 Å². The molecule has 3 heteroatoms. The highest BCUT2D eigenvalue weighted by atomic mass is 32.1. The van der Waals surface area contributed by atoms with E-state index in [2.05, 4.69) is 11.6 Å². The highest BCUT2D eigenvalue weighted by Gasteiger charge is 2.14. The molecule has 0 radical (unpaired) electrons.